The van der Waals surface area contributed by atoms with Crippen molar-refractivity contribution in [3.8, 4) is 5.75 Å². The number of nitrogens with one attached hydrogen (secondary N) is 1. The number of rotatable bonds is 5. The van der Waals surface area contributed by atoms with Gasteiger partial charge in [0.15, 0.2) is 0 Å². The molecule has 0 amide bonds. The van der Waals surface area contributed by atoms with E-state index in [9.17, 15) is 9.18 Å². The quantitative estimate of drug-likeness (QED) is 0.885. The third-order valence-electron chi connectivity index (χ3n) is 3.12. The largest absolute Gasteiger partial charge is 0.496 e. The lowest BCUT2D eigenvalue weighted by molar-refractivity contribution is 0.0697. The minimum absolute atomic E-state index is 0.0371. The number of carboxylic acids is 1. The average molecular weight is 289 g/mol. The van der Waals surface area contributed by atoms with Crippen LogP contribution in [0.1, 0.15) is 21.5 Å². The molecule has 0 aromatic heterocycles. The fourth-order valence-corrected chi connectivity index (χ4v) is 2.03. The van der Waals surface area contributed by atoms with Crippen LogP contribution in [0.25, 0.3) is 0 Å². The molecule has 0 unspecified atom stereocenters. The van der Waals surface area contributed by atoms with Crippen molar-refractivity contribution >= 4 is 11.7 Å². The Morgan fingerprint density at radius 2 is 2.05 bits per heavy atom. The number of hydrogen-bond acceptors (Lipinski definition) is 3. The number of aryl methyl sites for hydroxylation is 1. The standard InChI is InChI=1S/C16H16FNO3/c1-10-3-6-15(21-2)12(7-10)9-18-14-8-11(16(19)20)4-5-13(14)17/h3-8,18H,9H2,1-2H3,(H,19,20). The highest BCUT2D eigenvalue weighted by molar-refractivity contribution is 5.88. The molecule has 0 heterocycles. The summed E-state index contributed by atoms with van der Waals surface area (Å²) in [5.74, 6) is -0.888. The van der Waals surface area contributed by atoms with E-state index in [2.05, 4.69) is 5.32 Å². The summed E-state index contributed by atoms with van der Waals surface area (Å²) in [6.45, 7) is 2.29. The van der Waals surface area contributed by atoms with E-state index in [0.29, 0.717) is 12.3 Å². The van der Waals surface area contributed by atoms with Gasteiger partial charge in [-0.1, -0.05) is 17.7 Å². The summed E-state index contributed by atoms with van der Waals surface area (Å²) in [6, 6.07) is 9.35. The van der Waals surface area contributed by atoms with Crippen LogP contribution in [-0.4, -0.2) is 18.2 Å². The molecule has 0 saturated carbocycles. The number of hydrogen-bond donors (Lipinski definition) is 2. The van der Waals surface area contributed by atoms with Gasteiger partial charge in [0.1, 0.15) is 11.6 Å². The van der Waals surface area contributed by atoms with Crippen molar-refractivity contribution in [3.05, 3.63) is 58.9 Å². The second kappa shape index (κ2) is 6.26. The molecule has 0 saturated heterocycles. The maximum absolute atomic E-state index is 13.7. The van der Waals surface area contributed by atoms with Crippen LogP contribution in [0, 0.1) is 12.7 Å². The molecule has 0 aliphatic rings. The second-order valence-corrected chi connectivity index (χ2v) is 4.67. The van der Waals surface area contributed by atoms with Gasteiger partial charge in [-0.05, 0) is 31.2 Å². The van der Waals surface area contributed by atoms with Crippen molar-refractivity contribution in [1.82, 2.24) is 0 Å². The molecule has 0 fully saturated rings. The molecule has 0 aliphatic heterocycles. The van der Waals surface area contributed by atoms with Crippen molar-refractivity contribution in [2.45, 2.75) is 13.5 Å². The Morgan fingerprint density at radius 3 is 2.71 bits per heavy atom. The fourth-order valence-electron chi connectivity index (χ4n) is 2.03. The SMILES string of the molecule is COc1ccc(C)cc1CNc1cc(C(=O)O)ccc1F. The zero-order valence-corrected chi connectivity index (χ0v) is 11.8. The number of anilines is 1. The van der Waals surface area contributed by atoms with Gasteiger partial charge in [-0.15, -0.1) is 0 Å². The Kier molecular flexibility index (Phi) is 4.42. The van der Waals surface area contributed by atoms with Gasteiger partial charge in [0, 0.05) is 12.1 Å². The summed E-state index contributed by atoms with van der Waals surface area (Å²) in [7, 11) is 1.57. The predicted molar refractivity (Wildman–Crippen MR) is 78.4 cm³/mol. The third kappa shape index (κ3) is 3.51. The van der Waals surface area contributed by atoms with Gasteiger partial charge in [-0.2, -0.15) is 0 Å². The molecule has 0 bridgehead atoms. The van der Waals surface area contributed by atoms with E-state index >= 15 is 0 Å². The molecule has 2 aromatic rings. The molecule has 0 aliphatic carbocycles. The summed E-state index contributed by atoms with van der Waals surface area (Å²) >= 11 is 0. The monoisotopic (exact) mass is 289 g/mol. The molecule has 0 radical (unpaired) electrons. The number of carbonyl (C=O) groups is 1. The average Bonchev–Trinajstić information content (AvgIpc) is 2.46. The Labute approximate surface area is 122 Å². The minimum Gasteiger partial charge on any atom is -0.496 e. The van der Waals surface area contributed by atoms with Gasteiger partial charge in [-0.25, -0.2) is 9.18 Å². The predicted octanol–water partition coefficient (Wildman–Crippen LogP) is 3.45. The molecule has 5 heteroatoms. The van der Waals surface area contributed by atoms with Gasteiger partial charge in [-0.3, -0.25) is 0 Å². The zero-order valence-electron chi connectivity index (χ0n) is 11.8. The highest BCUT2D eigenvalue weighted by atomic mass is 19.1. The smallest absolute Gasteiger partial charge is 0.335 e. The van der Waals surface area contributed by atoms with Crippen LogP contribution in [-0.2, 0) is 6.54 Å². The molecular weight excluding hydrogens is 273 g/mol. The highest BCUT2D eigenvalue weighted by Crippen LogP contribution is 2.22. The van der Waals surface area contributed by atoms with Crippen molar-refractivity contribution < 1.29 is 19.0 Å². The Hall–Kier alpha value is -2.56. The summed E-state index contributed by atoms with van der Waals surface area (Å²) in [4.78, 5) is 10.9. The van der Waals surface area contributed by atoms with Gasteiger partial charge in [0.2, 0.25) is 0 Å². The second-order valence-electron chi connectivity index (χ2n) is 4.67. The van der Waals surface area contributed by atoms with Gasteiger partial charge >= 0.3 is 5.97 Å². The Morgan fingerprint density at radius 1 is 1.29 bits per heavy atom. The van der Waals surface area contributed by atoms with Crippen molar-refractivity contribution in [3.63, 3.8) is 0 Å². The van der Waals surface area contributed by atoms with Crippen molar-refractivity contribution in [1.29, 1.82) is 0 Å². The summed E-state index contributed by atoms with van der Waals surface area (Å²) in [5.41, 5.74) is 2.12. The molecule has 2 N–H and O–H groups in total. The van der Waals surface area contributed by atoms with Gasteiger partial charge in [0.05, 0.1) is 18.4 Å². The van der Waals surface area contributed by atoms with Crippen LogP contribution in [0.2, 0.25) is 0 Å². The van der Waals surface area contributed by atoms with E-state index in [4.69, 9.17) is 9.84 Å². The van der Waals surface area contributed by atoms with Crippen LogP contribution in [0.4, 0.5) is 10.1 Å². The normalized spacial score (nSPS) is 10.2. The maximum atomic E-state index is 13.7. The molecule has 2 rings (SSSR count). The third-order valence-corrected chi connectivity index (χ3v) is 3.12. The highest BCUT2D eigenvalue weighted by Gasteiger charge is 2.09. The Balaban J connectivity index is 2.22. The number of methoxy groups -OCH3 is 1. The van der Waals surface area contributed by atoms with Gasteiger partial charge in [0.25, 0.3) is 0 Å². The number of aromatic carboxylic acids is 1. The number of ether oxygens (including phenoxy) is 1. The first-order valence-corrected chi connectivity index (χ1v) is 6.41. The van der Waals surface area contributed by atoms with Crippen LogP contribution in [0.3, 0.4) is 0 Å². The topological polar surface area (TPSA) is 58.6 Å². The zero-order chi connectivity index (χ0) is 15.4. The van der Waals surface area contributed by atoms with Crippen LogP contribution >= 0.6 is 0 Å². The van der Waals surface area contributed by atoms with E-state index in [-0.39, 0.29) is 11.3 Å². The first kappa shape index (κ1) is 14.8. The van der Waals surface area contributed by atoms with Crippen LogP contribution < -0.4 is 10.1 Å². The number of benzene rings is 2. The van der Waals surface area contributed by atoms with Crippen molar-refractivity contribution in [2.75, 3.05) is 12.4 Å². The summed E-state index contributed by atoms with van der Waals surface area (Å²) < 4.78 is 19.0. The van der Waals surface area contributed by atoms with E-state index in [1.807, 2.05) is 25.1 Å². The summed E-state index contributed by atoms with van der Waals surface area (Å²) in [6.07, 6.45) is 0. The first-order chi connectivity index (χ1) is 10.0. The van der Waals surface area contributed by atoms with E-state index in [1.54, 1.807) is 7.11 Å². The maximum Gasteiger partial charge on any atom is 0.335 e. The number of carboxylic acid groups (broad SMARTS) is 1. The molecule has 0 spiro atoms. The first-order valence-electron chi connectivity index (χ1n) is 6.41. The lowest BCUT2D eigenvalue weighted by Gasteiger charge is -2.12. The molecule has 110 valence electrons. The van der Waals surface area contributed by atoms with E-state index in [1.165, 1.54) is 12.1 Å². The van der Waals surface area contributed by atoms with E-state index < -0.39 is 11.8 Å². The molecule has 4 nitrogen and oxygen atoms in total. The van der Waals surface area contributed by atoms with E-state index in [0.717, 1.165) is 17.2 Å². The van der Waals surface area contributed by atoms with Crippen molar-refractivity contribution in [2.24, 2.45) is 0 Å². The van der Waals surface area contributed by atoms with Crippen LogP contribution in [0.5, 0.6) is 5.75 Å². The van der Waals surface area contributed by atoms with Crippen LogP contribution in [0.15, 0.2) is 36.4 Å². The summed E-state index contributed by atoms with van der Waals surface area (Å²) in [5, 5.41) is 11.8. The number of halogens is 1. The molecule has 2 aromatic carbocycles. The molecular formula is C16H16FNO3. The lowest BCUT2D eigenvalue weighted by Crippen LogP contribution is -2.05. The van der Waals surface area contributed by atoms with Gasteiger partial charge < -0.3 is 15.2 Å². The lowest BCUT2D eigenvalue weighted by atomic mass is 10.1. The molecule has 21 heavy (non-hydrogen) atoms. The Bertz CT molecular complexity index is 671. The molecule has 0 atom stereocenters. The fraction of sp³-hybridized carbons (Fsp3) is 0.188. The minimum atomic E-state index is -1.09.